The maximum Gasteiger partial charge on any atom is 0.225 e. The first-order valence-corrected chi connectivity index (χ1v) is 18.4. The largest absolute Gasteiger partial charge is 0.347 e. The highest BCUT2D eigenvalue weighted by Gasteiger charge is 2.39. The zero-order chi connectivity index (χ0) is 33.0. The number of amides is 1. The second-order valence-corrected chi connectivity index (χ2v) is 15.0. The van der Waals surface area contributed by atoms with Crippen LogP contribution < -0.4 is 0 Å². The molecule has 2 atom stereocenters. The minimum atomic E-state index is -0.763. The highest BCUT2D eigenvalue weighted by atomic mass is 19.1. The molecule has 2 aliphatic carbocycles. The molecule has 1 aromatic heterocycles. The summed E-state index contributed by atoms with van der Waals surface area (Å²) in [6.45, 7) is 9.20. The zero-order valence-electron chi connectivity index (χ0n) is 29.1. The van der Waals surface area contributed by atoms with Crippen molar-refractivity contribution >= 4 is 5.91 Å². The number of rotatable bonds is 10. The van der Waals surface area contributed by atoms with E-state index in [9.17, 15) is 9.18 Å². The van der Waals surface area contributed by atoms with E-state index in [0.29, 0.717) is 30.8 Å². The van der Waals surface area contributed by atoms with Crippen molar-refractivity contribution in [2.45, 2.75) is 154 Å². The van der Waals surface area contributed by atoms with Crippen LogP contribution in [0.4, 0.5) is 4.39 Å². The molecule has 2 saturated carbocycles. The van der Waals surface area contributed by atoms with Gasteiger partial charge in [0.05, 0.1) is 24.3 Å². The summed E-state index contributed by atoms with van der Waals surface area (Å²) in [4.78, 5) is 16.5. The molecule has 2 heterocycles. The van der Waals surface area contributed by atoms with Crippen molar-refractivity contribution in [3.05, 3.63) is 72.2 Å². The van der Waals surface area contributed by atoms with Crippen LogP contribution in [0.3, 0.4) is 0 Å². The first kappa shape index (κ1) is 33.9. The van der Waals surface area contributed by atoms with E-state index in [0.717, 1.165) is 61.0 Å². The number of carbonyl (C=O) groups excluding carboxylic acids is 1. The summed E-state index contributed by atoms with van der Waals surface area (Å²) in [7, 11) is 0. The standard InChI is InChI=1S/C41H55FN2O3/c1-29(2)38-28-37(30-14-8-5-9-15-30)40(31-20-22-32(42)23-21-31)43(38)25-24-35-26-36(47-41(3,4)46-35)27-39(45)44(33-16-10-6-11-17-33)34-18-12-7-13-19-34/h5,8-9,14-15,20-23,28-29,33-36H,6-7,10-13,16-19,24-27H2,1-4H3. The molecule has 2 unspecified atom stereocenters. The molecule has 47 heavy (non-hydrogen) atoms. The van der Waals surface area contributed by atoms with Gasteiger partial charge in [0.1, 0.15) is 5.82 Å². The van der Waals surface area contributed by atoms with Gasteiger partial charge in [-0.3, -0.25) is 4.79 Å². The van der Waals surface area contributed by atoms with Gasteiger partial charge in [0.15, 0.2) is 5.79 Å². The Kier molecular flexibility index (Phi) is 10.9. The van der Waals surface area contributed by atoms with E-state index in [2.05, 4.69) is 53.6 Å². The molecule has 0 radical (unpaired) electrons. The molecule has 0 N–H and O–H groups in total. The van der Waals surface area contributed by atoms with E-state index in [-0.39, 0.29) is 23.9 Å². The fourth-order valence-electron chi connectivity index (χ4n) is 8.56. The Morgan fingerprint density at radius 1 is 0.851 bits per heavy atom. The van der Waals surface area contributed by atoms with Crippen molar-refractivity contribution < 1.29 is 18.7 Å². The normalized spacial score (nSPS) is 22.4. The van der Waals surface area contributed by atoms with Crippen LogP contribution in [0.5, 0.6) is 0 Å². The number of nitrogens with zero attached hydrogens (tertiary/aromatic N) is 2. The summed E-state index contributed by atoms with van der Waals surface area (Å²) in [5.41, 5.74) is 5.66. The molecule has 1 amide bonds. The van der Waals surface area contributed by atoms with Crippen molar-refractivity contribution in [1.82, 2.24) is 9.47 Å². The quantitative estimate of drug-likeness (QED) is 0.221. The zero-order valence-corrected chi connectivity index (χ0v) is 29.1. The van der Waals surface area contributed by atoms with E-state index in [1.807, 2.05) is 32.0 Å². The van der Waals surface area contributed by atoms with E-state index in [1.165, 1.54) is 44.2 Å². The van der Waals surface area contributed by atoms with Crippen molar-refractivity contribution in [2.75, 3.05) is 0 Å². The average Bonchev–Trinajstić information content (AvgIpc) is 3.45. The van der Waals surface area contributed by atoms with Crippen LogP contribution in [0, 0.1) is 5.82 Å². The Bertz CT molecular complexity index is 1430. The van der Waals surface area contributed by atoms with Crippen molar-refractivity contribution in [3.63, 3.8) is 0 Å². The lowest BCUT2D eigenvalue weighted by atomic mass is 9.88. The van der Waals surface area contributed by atoms with E-state index >= 15 is 0 Å². The van der Waals surface area contributed by atoms with Crippen molar-refractivity contribution in [3.8, 4) is 22.4 Å². The molecule has 3 aliphatic rings. The number of carbonyl (C=O) groups is 1. The van der Waals surface area contributed by atoms with Gasteiger partial charge in [0.25, 0.3) is 0 Å². The summed E-state index contributed by atoms with van der Waals surface area (Å²) in [6.07, 6.45) is 13.8. The monoisotopic (exact) mass is 642 g/mol. The highest BCUT2D eigenvalue weighted by molar-refractivity contribution is 5.83. The SMILES string of the molecule is CC(C)c1cc(-c2ccccc2)c(-c2ccc(F)cc2)n1CCC1CC(CC(=O)N(C2CCCCC2)C2CCCCC2)OC(C)(C)O1. The molecule has 2 aromatic carbocycles. The summed E-state index contributed by atoms with van der Waals surface area (Å²) in [6, 6.07) is 20.4. The topological polar surface area (TPSA) is 43.7 Å². The maximum absolute atomic E-state index is 14.2. The number of hydrogen-bond donors (Lipinski definition) is 0. The van der Waals surface area contributed by atoms with Crippen LogP contribution in [-0.4, -0.2) is 45.5 Å². The lowest BCUT2D eigenvalue weighted by molar-refractivity contribution is -0.300. The number of halogens is 1. The molecule has 0 spiro atoms. The Morgan fingerprint density at radius 3 is 2.04 bits per heavy atom. The number of ether oxygens (including phenoxy) is 2. The lowest BCUT2D eigenvalue weighted by Gasteiger charge is -2.44. The molecule has 1 aliphatic heterocycles. The van der Waals surface area contributed by atoms with Gasteiger partial charge in [0, 0.05) is 36.3 Å². The molecule has 0 bridgehead atoms. The molecular weight excluding hydrogens is 587 g/mol. The van der Waals surface area contributed by atoms with Crippen molar-refractivity contribution in [1.29, 1.82) is 0 Å². The molecule has 6 rings (SSSR count). The van der Waals surface area contributed by atoms with Crippen LogP contribution in [0.2, 0.25) is 0 Å². The average molecular weight is 643 g/mol. The van der Waals surface area contributed by atoms with Crippen LogP contribution >= 0.6 is 0 Å². The predicted octanol–water partition coefficient (Wildman–Crippen LogP) is 10.3. The molecule has 5 nitrogen and oxygen atoms in total. The minimum Gasteiger partial charge on any atom is -0.347 e. The van der Waals surface area contributed by atoms with Crippen LogP contribution in [-0.2, 0) is 20.8 Å². The summed E-state index contributed by atoms with van der Waals surface area (Å²) >= 11 is 0. The Morgan fingerprint density at radius 2 is 1.45 bits per heavy atom. The Labute approximate surface area is 281 Å². The third kappa shape index (κ3) is 8.20. The fraction of sp³-hybridized carbons (Fsp3) is 0.585. The maximum atomic E-state index is 14.2. The van der Waals surface area contributed by atoms with Gasteiger partial charge >= 0.3 is 0 Å². The van der Waals surface area contributed by atoms with Gasteiger partial charge in [-0.2, -0.15) is 0 Å². The summed E-state index contributed by atoms with van der Waals surface area (Å²) in [5, 5.41) is 0. The van der Waals surface area contributed by atoms with Gasteiger partial charge in [-0.05, 0) is 93.3 Å². The van der Waals surface area contributed by atoms with Gasteiger partial charge in [0.2, 0.25) is 5.91 Å². The summed E-state index contributed by atoms with van der Waals surface area (Å²) in [5.74, 6) is -0.416. The minimum absolute atomic E-state index is 0.0435. The Hall–Kier alpha value is -2.96. The second-order valence-electron chi connectivity index (χ2n) is 15.0. The van der Waals surface area contributed by atoms with Gasteiger partial charge in [-0.25, -0.2) is 4.39 Å². The molecule has 3 fully saturated rings. The molecular formula is C41H55FN2O3. The number of benzene rings is 2. The first-order valence-electron chi connectivity index (χ1n) is 18.4. The van der Waals surface area contributed by atoms with E-state index in [1.54, 1.807) is 12.1 Å². The molecule has 3 aromatic rings. The smallest absolute Gasteiger partial charge is 0.225 e. The fourth-order valence-corrected chi connectivity index (χ4v) is 8.56. The molecule has 6 heteroatoms. The first-order chi connectivity index (χ1) is 22.7. The summed E-state index contributed by atoms with van der Waals surface area (Å²) < 4.78 is 29.5. The third-order valence-corrected chi connectivity index (χ3v) is 10.7. The van der Waals surface area contributed by atoms with Crippen LogP contribution in [0.15, 0.2) is 60.7 Å². The van der Waals surface area contributed by atoms with E-state index < -0.39 is 5.79 Å². The molecule has 254 valence electrons. The molecule has 1 saturated heterocycles. The van der Waals surface area contributed by atoms with E-state index in [4.69, 9.17) is 9.47 Å². The van der Waals surface area contributed by atoms with Crippen LogP contribution in [0.1, 0.15) is 123 Å². The predicted molar refractivity (Wildman–Crippen MR) is 188 cm³/mol. The number of hydrogen-bond acceptors (Lipinski definition) is 3. The van der Waals surface area contributed by atoms with Gasteiger partial charge in [-0.1, -0.05) is 82.7 Å². The van der Waals surface area contributed by atoms with Crippen LogP contribution in [0.25, 0.3) is 22.4 Å². The van der Waals surface area contributed by atoms with Crippen molar-refractivity contribution in [2.24, 2.45) is 0 Å². The van der Waals surface area contributed by atoms with Gasteiger partial charge < -0.3 is 18.9 Å². The second kappa shape index (κ2) is 15.1. The third-order valence-electron chi connectivity index (χ3n) is 10.7. The number of aromatic nitrogens is 1. The lowest BCUT2D eigenvalue weighted by Crippen LogP contribution is -2.51. The highest BCUT2D eigenvalue weighted by Crippen LogP contribution is 2.39. The van der Waals surface area contributed by atoms with Gasteiger partial charge in [-0.15, -0.1) is 0 Å². The Balaban J connectivity index is 1.23.